The number of methoxy groups -OCH3 is 1. The van der Waals surface area contributed by atoms with E-state index in [1.807, 2.05) is 0 Å². The molecule has 3 N–H and O–H groups in total. The van der Waals surface area contributed by atoms with Crippen LogP contribution in [0.5, 0.6) is 0 Å². The molecule has 1 atom stereocenters. The minimum Gasteiger partial charge on any atom is -0.465 e. The predicted molar refractivity (Wildman–Crippen MR) is 68.9 cm³/mol. The van der Waals surface area contributed by atoms with Crippen molar-refractivity contribution >= 4 is 17.6 Å². The van der Waals surface area contributed by atoms with Gasteiger partial charge in [-0.05, 0) is 24.6 Å². The Morgan fingerprint density at radius 2 is 2.11 bits per heavy atom. The van der Waals surface area contributed by atoms with E-state index in [0.29, 0.717) is 24.5 Å². The van der Waals surface area contributed by atoms with Crippen LogP contribution in [0.15, 0.2) is 18.2 Å². The zero-order valence-electron chi connectivity index (χ0n) is 10.6. The molecule has 1 aromatic carbocycles. The maximum absolute atomic E-state index is 12.0. The highest BCUT2D eigenvalue weighted by atomic mass is 16.5. The first-order valence-corrected chi connectivity index (χ1v) is 5.97. The van der Waals surface area contributed by atoms with Crippen molar-refractivity contribution in [1.29, 1.82) is 0 Å². The Balaban J connectivity index is 2.16. The quantitative estimate of drug-likeness (QED) is 0.615. The Kier molecular flexibility index (Phi) is 4.01. The lowest BCUT2D eigenvalue weighted by Crippen LogP contribution is -2.35. The first-order chi connectivity index (χ1) is 9.10. The number of benzene rings is 1. The van der Waals surface area contributed by atoms with Crippen molar-refractivity contribution < 1.29 is 19.1 Å². The first kappa shape index (κ1) is 13.4. The van der Waals surface area contributed by atoms with Crippen molar-refractivity contribution in [3.8, 4) is 0 Å². The number of ether oxygens (including phenoxy) is 2. The molecule has 1 unspecified atom stereocenters. The average molecular weight is 264 g/mol. The van der Waals surface area contributed by atoms with Crippen LogP contribution in [0.1, 0.15) is 27.1 Å². The van der Waals surface area contributed by atoms with E-state index >= 15 is 0 Å². The zero-order chi connectivity index (χ0) is 13.8. The van der Waals surface area contributed by atoms with Crippen LogP contribution in [0, 0.1) is 0 Å². The van der Waals surface area contributed by atoms with Crippen LogP contribution >= 0.6 is 0 Å². The van der Waals surface area contributed by atoms with Crippen LogP contribution < -0.4 is 11.1 Å². The van der Waals surface area contributed by atoms with Crippen molar-refractivity contribution in [3.05, 3.63) is 29.3 Å². The van der Waals surface area contributed by atoms with Crippen molar-refractivity contribution in [1.82, 2.24) is 5.32 Å². The summed E-state index contributed by atoms with van der Waals surface area (Å²) in [7, 11) is 1.28. The highest BCUT2D eigenvalue weighted by Crippen LogP contribution is 2.14. The molecule has 0 aromatic heterocycles. The van der Waals surface area contributed by atoms with Gasteiger partial charge in [-0.15, -0.1) is 0 Å². The van der Waals surface area contributed by atoms with E-state index in [1.54, 1.807) is 0 Å². The molecule has 6 heteroatoms. The van der Waals surface area contributed by atoms with Crippen molar-refractivity contribution in [2.24, 2.45) is 0 Å². The van der Waals surface area contributed by atoms with Gasteiger partial charge in [-0.3, -0.25) is 4.79 Å². The molecule has 0 bridgehead atoms. The Morgan fingerprint density at radius 3 is 2.74 bits per heavy atom. The van der Waals surface area contributed by atoms with E-state index in [2.05, 4.69) is 10.1 Å². The molecule has 1 aromatic rings. The summed E-state index contributed by atoms with van der Waals surface area (Å²) in [6, 6.07) is 4.47. The summed E-state index contributed by atoms with van der Waals surface area (Å²) in [6.45, 7) is 1.16. The molecule has 1 amide bonds. The van der Waals surface area contributed by atoms with E-state index in [-0.39, 0.29) is 17.5 Å². The largest absolute Gasteiger partial charge is 0.465 e. The SMILES string of the molecule is COC(=O)c1cc(N)cc(C(=O)NC2CCOC2)c1. The van der Waals surface area contributed by atoms with Gasteiger partial charge >= 0.3 is 5.97 Å². The maximum Gasteiger partial charge on any atom is 0.337 e. The van der Waals surface area contributed by atoms with Gasteiger partial charge in [-0.2, -0.15) is 0 Å². The second-order valence-corrected chi connectivity index (χ2v) is 4.37. The second kappa shape index (κ2) is 5.71. The summed E-state index contributed by atoms with van der Waals surface area (Å²) in [4.78, 5) is 23.5. The molecule has 0 spiro atoms. The lowest BCUT2D eigenvalue weighted by molar-refractivity contribution is 0.0601. The summed E-state index contributed by atoms with van der Waals surface area (Å²) >= 11 is 0. The Labute approximate surface area is 110 Å². The molecule has 1 aliphatic rings. The summed E-state index contributed by atoms with van der Waals surface area (Å²) in [5, 5.41) is 2.83. The van der Waals surface area contributed by atoms with Crippen LogP contribution in [-0.4, -0.2) is 38.2 Å². The number of carbonyl (C=O) groups excluding carboxylic acids is 2. The van der Waals surface area contributed by atoms with Gasteiger partial charge in [0.15, 0.2) is 0 Å². The average Bonchev–Trinajstić information content (AvgIpc) is 2.89. The molecule has 1 saturated heterocycles. The number of rotatable bonds is 3. The lowest BCUT2D eigenvalue weighted by atomic mass is 10.1. The minimum absolute atomic E-state index is 0.00973. The summed E-state index contributed by atoms with van der Waals surface area (Å²) < 4.78 is 9.80. The molecular formula is C13H16N2O4. The highest BCUT2D eigenvalue weighted by Gasteiger charge is 2.19. The van der Waals surface area contributed by atoms with Gasteiger partial charge in [0, 0.05) is 17.9 Å². The standard InChI is InChI=1S/C13H16N2O4/c1-18-13(17)9-4-8(5-10(14)6-9)12(16)15-11-2-3-19-7-11/h4-6,11H,2-3,7,14H2,1H3,(H,15,16). The fourth-order valence-corrected chi connectivity index (χ4v) is 1.94. The molecule has 0 aliphatic carbocycles. The number of hydrogen-bond acceptors (Lipinski definition) is 5. The molecule has 102 valence electrons. The normalized spacial score (nSPS) is 18.1. The van der Waals surface area contributed by atoms with Gasteiger partial charge in [0.05, 0.1) is 25.3 Å². The molecule has 1 heterocycles. The molecular weight excluding hydrogens is 248 g/mol. The van der Waals surface area contributed by atoms with Gasteiger partial charge < -0.3 is 20.5 Å². The van der Waals surface area contributed by atoms with E-state index in [0.717, 1.165) is 6.42 Å². The number of anilines is 1. The number of esters is 1. The van der Waals surface area contributed by atoms with Crippen LogP contribution in [0.3, 0.4) is 0 Å². The number of amides is 1. The molecule has 0 radical (unpaired) electrons. The molecule has 2 rings (SSSR count). The number of hydrogen-bond donors (Lipinski definition) is 2. The minimum atomic E-state index is -0.523. The summed E-state index contributed by atoms with van der Waals surface area (Å²) in [5.74, 6) is -0.793. The number of nitrogens with one attached hydrogen (secondary N) is 1. The van der Waals surface area contributed by atoms with E-state index in [1.165, 1.54) is 25.3 Å². The fourth-order valence-electron chi connectivity index (χ4n) is 1.94. The fraction of sp³-hybridized carbons (Fsp3) is 0.385. The summed E-state index contributed by atoms with van der Waals surface area (Å²) in [6.07, 6.45) is 0.790. The molecule has 19 heavy (non-hydrogen) atoms. The number of nitrogens with two attached hydrogens (primary N) is 1. The van der Waals surface area contributed by atoms with Gasteiger partial charge in [0.25, 0.3) is 5.91 Å². The molecule has 6 nitrogen and oxygen atoms in total. The predicted octanol–water partition coefficient (Wildman–Crippen LogP) is 0.574. The lowest BCUT2D eigenvalue weighted by Gasteiger charge is -2.11. The van der Waals surface area contributed by atoms with E-state index in [4.69, 9.17) is 10.5 Å². The van der Waals surface area contributed by atoms with Crippen LogP contribution in [0.4, 0.5) is 5.69 Å². The van der Waals surface area contributed by atoms with E-state index < -0.39 is 5.97 Å². The topological polar surface area (TPSA) is 90.7 Å². The van der Waals surface area contributed by atoms with Crippen molar-refractivity contribution in [2.75, 3.05) is 26.1 Å². The molecule has 0 saturated carbocycles. The third kappa shape index (κ3) is 3.23. The smallest absolute Gasteiger partial charge is 0.337 e. The van der Waals surface area contributed by atoms with Gasteiger partial charge in [-0.1, -0.05) is 0 Å². The van der Waals surface area contributed by atoms with Crippen LogP contribution in [-0.2, 0) is 9.47 Å². The van der Waals surface area contributed by atoms with Crippen molar-refractivity contribution in [3.63, 3.8) is 0 Å². The van der Waals surface area contributed by atoms with Gasteiger partial charge in [-0.25, -0.2) is 4.79 Å². The Hall–Kier alpha value is -2.08. The number of carbonyl (C=O) groups is 2. The zero-order valence-corrected chi connectivity index (χ0v) is 10.6. The Bertz CT molecular complexity index is 495. The maximum atomic E-state index is 12.0. The van der Waals surface area contributed by atoms with Gasteiger partial charge in [0.1, 0.15) is 0 Å². The molecule has 1 fully saturated rings. The van der Waals surface area contributed by atoms with Crippen LogP contribution in [0.2, 0.25) is 0 Å². The van der Waals surface area contributed by atoms with Crippen molar-refractivity contribution in [2.45, 2.75) is 12.5 Å². The second-order valence-electron chi connectivity index (χ2n) is 4.37. The van der Waals surface area contributed by atoms with E-state index in [9.17, 15) is 9.59 Å². The molecule has 1 aliphatic heterocycles. The van der Waals surface area contributed by atoms with Gasteiger partial charge in [0.2, 0.25) is 0 Å². The monoisotopic (exact) mass is 264 g/mol. The first-order valence-electron chi connectivity index (χ1n) is 5.97. The Morgan fingerprint density at radius 1 is 1.37 bits per heavy atom. The third-order valence-corrected chi connectivity index (χ3v) is 2.90. The third-order valence-electron chi connectivity index (χ3n) is 2.90. The number of nitrogen functional groups attached to an aromatic ring is 1. The highest BCUT2D eigenvalue weighted by molar-refractivity contribution is 5.99. The van der Waals surface area contributed by atoms with Crippen LogP contribution in [0.25, 0.3) is 0 Å². The summed E-state index contributed by atoms with van der Waals surface area (Å²) in [5.41, 5.74) is 6.63.